The molecular weight excluding hydrogens is 406 g/mol. The molecule has 0 bridgehead atoms. The minimum atomic E-state index is -3.45. The summed E-state index contributed by atoms with van der Waals surface area (Å²) >= 11 is 9.47. The molecule has 0 saturated carbocycles. The molecule has 0 radical (unpaired) electrons. The Morgan fingerprint density at radius 2 is 2.13 bits per heavy atom. The van der Waals surface area contributed by atoms with Crippen LogP contribution in [0, 0.1) is 0 Å². The monoisotopic (exact) mass is 415 g/mol. The van der Waals surface area contributed by atoms with Gasteiger partial charge in [-0.25, -0.2) is 13.4 Å². The Labute approximate surface area is 145 Å². The number of carbonyl (C=O) groups excluding carboxylic acids is 1. The van der Waals surface area contributed by atoms with Gasteiger partial charge < -0.3 is 9.97 Å². The SMILES string of the molecule is CS(=O)(=O)CC(=O)c1[nH]c2cc(Br)c(Cl)cc2c1-c1ncc[nH]1. The van der Waals surface area contributed by atoms with Crippen molar-refractivity contribution in [1.82, 2.24) is 15.0 Å². The van der Waals surface area contributed by atoms with E-state index in [4.69, 9.17) is 11.6 Å². The lowest BCUT2D eigenvalue weighted by Crippen LogP contribution is -2.15. The fraction of sp³-hybridized carbons (Fsp3) is 0.143. The number of halogens is 2. The van der Waals surface area contributed by atoms with E-state index in [9.17, 15) is 13.2 Å². The van der Waals surface area contributed by atoms with E-state index in [-0.39, 0.29) is 5.69 Å². The fourth-order valence-electron chi connectivity index (χ4n) is 2.36. The van der Waals surface area contributed by atoms with E-state index >= 15 is 0 Å². The van der Waals surface area contributed by atoms with Crippen molar-refractivity contribution < 1.29 is 13.2 Å². The summed E-state index contributed by atoms with van der Waals surface area (Å²) in [6.45, 7) is 0. The van der Waals surface area contributed by atoms with E-state index in [0.29, 0.717) is 31.8 Å². The molecule has 0 aliphatic heterocycles. The van der Waals surface area contributed by atoms with Crippen LogP contribution in [-0.2, 0) is 9.84 Å². The second-order valence-electron chi connectivity index (χ2n) is 5.12. The standard InChI is InChI=1S/C14H11BrClN3O3S/c1-23(21,22)6-11(20)13-12(14-17-2-3-18-14)7-4-9(16)8(15)5-10(7)19-13/h2-5,19H,6H2,1H3,(H,17,18). The average molecular weight is 417 g/mol. The minimum absolute atomic E-state index is 0.189. The first-order chi connectivity index (χ1) is 10.8. The predicted molar refractivity (Wildman–Crippen MR) is 92.6 cm³/mol. The molecule has 3 rings (SSSR count). The van der Waals surface area contributed by atoms with Crippen LogP contribution in [0.5, 0.6) is 0 Å². The third-order valence-corrected chi connectivity index (χ3v) is 5.23. The fourth-order valence-corrected chi connectivity index (χ4v) is 3.48. The molecule has 1 aromatic carbocycles. The molecule has 2 aromatic heterocycles. The number of aromatic nitrogens is 3. The molecule has 2 N–H and O–H groups in total. The van der Waals surface area contributed by atoms with Crippen molar-refractivity contribution >= 4 is 54.1 Å². The van der Waals surface area contributed by atoms with E-state index in [2.05, 4.69) is 30.9 Å². The summed E-state index contributed by atoms with van der Waals surface area (Å²) in [6.07, 6.45) is 4.20. The van der Waals surface area contributed by atoms with E-state index in [1.807, 2.05) is 0 Å². The van der Waals surface area contributed by atoms with Crippen LogP contribution in [0.15, 0.2) is 29.0 Å². The highest BCUT2D eigenvalue weighted by atomic mass is 79.9. The summed E-state index contributed by atoms with van der Waals surface area (Å²) in [6, 6.07) is 3.44. The zero-order valence-corrected chi connectivity index (χ0v) is 15.0. The number of carbonyl (C=O) groups is 1. The molecule has 0 aliphatic rings. The number of benzene rings is 1. The first kappa shape index (κ1) is 16.2. The molecule has 0 atom stereocenters. The predicted octanol–water partition coefficient (Wildman–Crippen LogP) is 3.20. The van der Waals surface area contributed by atoms with Crippen molar-refractivity contribution in [2.24, 2.45) is 0 Å². The first-order valence-electron chi connectivity index (χ1n) is 6.47. The van der Waals surface area contributed by atoms with Crippen LogP contribution in [0.1, 0.15) is 10.5 Å². The van der Waals surface area contributed by atoms with Crippen LogP contribution in [0.3, 0.4) is 0 Å². The van der Waals surface area contributed by atoms with E-state index in [0.717, 1.165) is 6.26 Å². The Hall–Kier alpha value is -1.64. The lowest BCUT2D eigenvalue weighted by Gasteiger charge is -2.02. The van der Waals surface area contributed by atoms with Crippen LogP contribution in [0.4, 0.5) is 0 Å². The molecule has 2 heterocycles. The topological polar surface area (TPSA) is 95.7 Å². The van der Waals surface area contributed by atoms with Gasteiger partial charge in [0, 0.05) is 34.0 Å². The Morgan fingerprint density at radius 3 is 2.74 bits per heavy atom. The van der Waals surface area contributed by atoms with Gasteiger partial charge in [0.05, 0.1) is 16.3 Å². The number of aromatic amines is 2. The van der Waals surface area contributed by atoms with Crippen molar-refractivity contribution in [3.63, 3.8) is 0 Å². The van der Waals surface area contributed by atoms with Gasteiger partial charge in [0.1, 0.15) is 11.6 Å². The zero-order valence-electron chi connectivity index (χ0n) is 11.9. The van der Waals surface area contributed by atoms with Crippen molar-refractivity contribution in [3.05, 3.63) is 39.7 Å². The second-order valence-corrected chi connectivity index (χ2v) is 8.52. The Bertz CT molecular complexity index is 1010. The van der Waals surface area contributed by atoms with Crippen molar-refractivity contribution in [2.75, 3.05) is 12.0 Å². The number of hydrogen-bond donors (Lipinski definition) is 2. The highest BCUT2D eigenvalue weighted by Gasteiger charge is 2.24. The quantitative estimate of drug-likeness (QED) is 0.638. The Kier molecular flexibility index (Phi) is 4.07. The van der Waals surface area contributed by atoms with Crippen LogP contribution < -0.4 is 0 Å². The van der Waals surface area contributed by atoms with Gasteiger partial charge in [-0.3, -0.25) is 4.79 Å². The van der Waals surface area contributed by atoms with Gasteiger partial charge in [0.25, 0.3) is 0 Å². The zero-order chi connectivity index (χ0) is 16.8. The lowest BCUT2D eigenvalue weighted by atomic mass is 10.1. The first-order valence-corrected chi connectivity index (χ1v) is 9.71. The van der Waals surface area contributed by atoms with Gasteiger partial charge in [-0.2, -0.15) is 0 Å². The molecule has 0 aliphatic carbocycles. The number of H-pyrrole nitrogens is 2. The molecule has 6 nitrogen and oxygen atoms in total. The number of nitrogens with zero attached hydrogens (tertiary/aromatic N) is 1. The van der Waals surface area contributed by atoms with Gasteiger partial charge >= 0.3 is 0 Å². The third-order valence-electron chi connectivity index (χ3n) is 3.25. The van der Waals surface area contributed by atoms with Crippen LogP contribution in [0.2, 0.25) is 5.02 Å². The van der Waals surface area contributed by atoms with Gasteiger partial charge in [-0.15, -0.1) is 0 Å². The smallest absolute Gasteiger partial charge is 0.194 e. The molecule has 0 fully saturated rings. The highest BCUT2D eigenvalue weighted by molar-refractivity contribution is 9.10. The molecule has 23 heavy (non-hydrogen) atoms. The van der Waals surface area contributed by atoms with Crippen molar-refractivity contribution in [1.29, 1.82) is 0 Å². The van der Waals surface area contributed by atoms with Crippen LogP contribution >= 0.6 is 27.5 Å². The number of hydrogen-bond acceptors (Lipinski definition) is 4. The maximum atomic E-state index is 12.4. The van der Waals surface area contributed by atoms with Crippen LogP contribution in [-0.4, -0.2) is 41.2 Å². The van der Waals surface area contributed by atoms with Gasteiger partial charge in [0.15, 0.2) is 15.6 Å². The summed E-state index contributed by atoms with van der Waals surface area (Å²) in [7, 11) is -3.45. The molecule has 0 saturated heterocycles. The Morgan fingerprint density at radius 1 is 1.39 bits per heavy atom. The molecular formula is C14H11BrClN3O3S. The number of imidazole rings is 1. The molecule has 0 amide bonds. The van der Waals surface area contributed by atoms with Gasteiger partial charge in [-0.05, 0) is 28.1 Å². The van der Waals surface area contributed by atoms with Gasteiger partial charge in [0.2, 0.25) is 0 Å². The average Bonchev–Trinajstić information content (AvgIpc) is 3.04. The van der Waals surface area contributed by atoms with Gasteiger partial charge in [-0.1, -0.05) is 11.6 Å². The largest absolute Gasteiger partial charge is 0.351 e. The molecule has 3 aromatic rings. The summed E-state index contributed by atoms with van der Waals surface area (Å²) in [5.41, 5.74) is 1.35. The maximum Gasteiger partial charge on any atom is 0.194 e. The maximum absolute atomic E-state index is 12.4. The number of fused-ring (bicyclic) bond motifs is 1. The van der Waals surface area contributed by atoms with Crippen LogP contribution in [0.25, 0.3) is 22.3 Å². The normalized spacial score (nSPS) is 12.0. The second kappa shape index (κ2) is 5.77. The van der Waals surface area contributed by atoms with Crippen molar-refractivity contribution in [3.8, 4) is 11.4 Å². The lowest BCUT2D eigenvalue weighted by molar-refractivity contribution is 0.101. The summed E-state index contributed by atoms with van der Waals surface area (Å²) < 4.78 is 23.6. The minimum Gasteiger partial charge on any atom is -0.351 e. The number of nitrogens with one attached hydrogen (secondary N) is 2. The molecule has 9 heteroatoms. The Balaban J connectivity index is 2.28. The third kappa shape index (κ3) is 3.19. The molecule has 0 unspecified atom stereocenters. The summed E-state index contributed by atoms with van der Waals surface area (Å²) in [4.78, 5) is 22.5. The van der Waals surface area contributed by atoms with E-state index < -0.39 is 21.4 Å². The summed E-state index contributed by atoms with van der Waals surface area (Å²) in [5, 5.41) is 1.16. The molecule has 0 spiro atoms. The molecule has 120 valence electrons. The van der Waals surface area contributed by atoms with E-state index in [1.165, 1.54) is 0 Å². The number of ketones is 1. The number of sulfone groups is 1. The number of rotatable bonds is 4. The number of Topliss-reactive ketones (excluding diaryl/α,β-unsaturated/α-hetero) is 1. The highest BCUT2D eigenvalue weighted by Crippen LogP contribution is 2.35. The summed E-state index contributed by atoms with van der Waals surface area (Å²) in [5.74, 6) is -0.642. The van der Waals surface area contributed by atoms with E-state index in [1.54, 1.807) is 24.5 Å². The van der Waals surface area contributed by atoms with Crippen molar-refractivity contribution in [2.45, 2.75) is 0 Å².